The smallest absolute Gasteiger partial charge is 0.363 e. The average Bonchev–Trinajstić information content (AvgIpc) is 2.15. The molecule has 0 aromatic carbocycles. The van der Waals surface area contributed by atoms with Gasteiger partial charge >= 0.3 is 5.82 Å². The summed E-state index contributed by atoms with van der Waals surface area (Å²) in [6.07, 6.45) is 4.55. The van der Waals surface area contributed by atoms with Crippen LogP contribution in [0.25, 0.3) is 6.08 Å². The van der Waals surface area contributed by atoms with E-state index in [1.807, 2.05) is 0 Å². The first-order valence-electron chi connectivity index (χ1n) is 3.62. The Bertz CT molecular complexity index is 319. The number of aliphatic hydroxyl groups excluding tert-OH is 1. The maximum atomic E-state index is 10.2. The van der Waals surface area contributed by atoms with Crippen LogP contribution in [0.4, 0.5) is 5.82 Å². The zero-order valence-corrected chi connectivity index (χ0v) is 6.75. The number of hydrogen-bond acceptors (Lipinski definition) is 4. The first kappa shape index (κ1) is 9.34. The van der Waals surface area contributed by atoms with Crippen molar-refractivity contribution in [1.29, 1.82) is 0 Å². The molecule has 68 valence electrons. The third kappa shape index (κ3) is 2.64. The lowest BCUT2D eigenvalue weighted by molar-refractivity contribution is -0.389. The summed E-state index contributed by atoms with van der Waals surface area (Å²) in [5.74, 6) is -0.179. The van der Waals surface area contributed by atoms with Crippen LogP contribution in [0.15, 0.2) is 24.4 Å². The monoisotopic (exact) mass is 180 g/mol. The van der Waals surface area contributed by atoms with E-state index in [4.69, 9.17) is 5.11 Å². The summed E-state index contributed by atoms with van der Waals surface area (Å²) in [5, 5.41) is 18.7. The molecule has 1 heterocycles. The fourth-order valence-corrected chi connectivity index (χ4v) is 0.793. The molecule has 1 rings (SSSR count). The predicted octanol–water partition coefficient (Wildman–Crippen LogP) is 0.995. The fourth-order valence-electron chi connectivity index (χ4n) is 0.793. The summed E-state index contributed by atoms with van der Waals surface area (Å²) < 4.78 is 0. The topological polar surface area (TPSA) is 76.3 Å². The summed E-state index contributed by atoms with van der Waals surface area (Å²) in [6.45, 7) is -0.0585. The Balaban J connectivity index is 2.81. The lowest BCUT2D eigenvalue weighted by Gasteiger charge is -1.91. The van der Waals surface area contributed by atoms with Gasteiger partial charge in [-0.25, -0.2) is 0 Å². The Morgan fingerprint density at radius 3 is 2.85 bits per heavy atom. The Morgan fingerprint density at radius 1 is 1.62 bits per heavy atom. The van der Waals surface area contributed by atoms with Gasteiger partial charge in [-0.3, -0.25) is 0 Å². The molecule has 0 atom stereocenters. The second-order valence-electron chi connectivity index (χ2n) is 2.29. The molecule has 5 nitrogen and oxygen atoms in total. The summed E-state index contributed by atoms with van der Waals surface area (Å²) in [4.78, 5) is 13.3. The van der Waals surface area contributed by atoms with Crippen LogP contribution in [0.3, 0.4) is 0 Å². The Morgan fingerprint density at radius 2 is 2.38 bits per heavy atom. The second kappa shape index (κ2) is 4.32. The van der Waals surface area contributed by atoms with E-state index in [0.29, 0.717) is 0 Å². The van der Waals surface area contributed by atoms with E-state index >= 15 is 0 Å². The molecule has 13 heavy (non-hydrogen) atoms. The summed E-state index contributed by atoms with van der Waals surface area (Å²) in [6, 6.07) is 2.88. The highest BCUT2D eigenvalue weighted by atomic mass is 16.6. The molecule has 0 spiro atoms. The Labute approximate surface area is 74.5 Å². The van der Waals surface area contributed by atoms with Crippen molar-refractivity contribution >= 4 is 11.9 Å². The average molecular weight is 180 g/mol. The van der Waals surface area contributed by atoms with Crippen LogP contribution < -0.4 is 0 Å². The standard InChI is InChI=1S/C8H8N2O3/c11-5-1-2-7-3-4-8(9-6-7)10(12)13/h1-4,6,11H,5H2. The molecule has 0 aliphatic rings. The minimum Gasteiger partial charge on any atom is -0.392 e. The summed E-state index contributed by atoms with van der Waals surface area (Å²) in [5.41, 5.74) is 0.722. The van der Waals surface area contributed by atoms with Gasteiger partial charge in [0.1, 0.15) is 6.20 Å². The summed E-state index contributed by atoms with van der Waals surface area (Å²) in [7, 11) is 0. The molecular formula is C8H8N2O3. The van der Waals surface area contributed by atoms with Gasteiger partial charge in [0.15, 0.2) is 0 Å². The normalized spacial score (nSPS) is 10.5. The van der Waals surface area contributed by atoms with Crippen molar-refractivity contribution in [2.45, 2.75) is 0 Å². The molecule has 0 amide bonds. The number of hydrogen-bond donors (Lipinski definition) is 1. The first-order valence-corrected chi connectivity index (χ1v) is 3.62. The van der Waals surface area contributed by atoms with Crippen molar-refractivity contribution in [1.82, 2.24) is 4.98 Å². The van der Waals surface area contributed by atoms with Gasteiger partial charge in [0.25, 0.3) is 0 Å². The zero-order valence-electron chi connectivity index (χ0n) is 6.75. The van der Waals surface area contributed by atoms with Gasteiger partial charge < -0.3 is 15.2 Å². The maximum Gasteiger partial charge on any atom is 0.363 e. The van der Waals surface area contributed by atoms with Crippen molar-refractivity contribution in [2.75, 3.05) is 6.61 Å². The molecule has 5 heteroatoms. The molecule has 0 radical (unpaired) electrons. The third-order valence-corrected chi connectivity index (χ3v) is 1.37. The van der Waals surface area contributed by atoms with Crippen LogP contribution in [0.2, 0.25) is 0 Å². The van der Waals surface area contributed by atoms with Crippen molar-refractivity contribution in [3.8, 4) is 0 Å². The molecule has 0 fully saturated rings. The van der Waals surface area contributed by atoms with Crippen LogP contribution in [0.1, 0.15) is 5.56 Å². The van der Waals surface area contributed by atoms with E-state index in [1.165, 1.54) is 18.3 Å². The van der Waals surface area contributed by atoms with Gasteiger partial charge in [-0.2, -0.15) is 0 Å². The minimum atomic E-state index is -0.556. The largest absolute Gasteiger partial charge is 0.392 e. The van der Waals surface area contributed by atoms with Crippen LogP contribution in [-0.2, 0) is 0 Å². The van der Waals surface area contributed by atoms with Gasteiger partial charge in [0, 0.05) is 11.6 Å². The van der Waals surface area contributed by atoms with E-state index < -0.39 is 4.92 Å². The highest BCUT2D eigenvalue weighted by Crippen LogP contribution is 2.08. The minimum absolute atomic E-state index is 0.0585. The highest BCUT2D eigenvalue weighted by Gasteiger charge is 2.03. The van der Waals surface area contributed by atoms with E-state index in [9.17, 15) is 10.1 Å². The van der Waals surface area contributed by atoms with Crippen LogP contribution >= 0.6 is 0 Å². The van der Waals surface area contributed by atoms with Crippen molar-refractivity contribution in [2.24, 2.45) is 0 Å². The van der Waals surface area contributed by atoms with E-state index in [1.54, 1.807) is 12.1 Å². The van der Waals surface area contributed by atoms with E-state index in [-0.39, 0.29) is 12.4 Å². The predicted molar refractivity (Wildman–Crippen MR) is 47.0 cm³/mol. The van der Waals surface area contributed by atoms with Crippen LogP contribution in [0.5, 0.6) is 0 Å². The van der Waals surface area contributed by atoms with Crippen LogP contribution in [-0.4, -0.2) is 21.6 Å². The second-order valence-corrected chi connectivity index (χ2v) is 2.29. The van der Waals surface area contributed by atoms with Gasteiger partial charge in [-0.15, -0.1) is 0 Å². The molecule has 0 bridgehead atoms. The molecule has 1 aromatic rings. The van der Waals surface area contributed by atoms with Crippen molar-refractivity contribution < 1.29 is 10.0 Å². The molecule has 0 saturated carbocycles. The summed E-state index contributed by atoms with van der Waals surface area (Å²) >= 11 is 0. The molecule has 0 aliphatic carbocycles. The fraction of sp³-hybridized carbons (Fsp3) is 0.125. The highest BCUT2D eigenvalue weighted by molar-refractivity contribution is 5.48. The molecule has 0 aliphatic heterocycles. The van der Waals surface area contributed by atoms with Crippen molar-refractivity contribution in [3.05, 3.63) is 40.1 Å². The SMILES string of the molecule is O=[N+]([O-])c1ccc(C=CCO)cn1. The van der Waals surface area contributed by atoms with Gasteiger partial charge in [0.2, 0.25) is 0 Å². The number of pyridine rings is 1. The molecule has 0 unspecified atom stereocenters. The quantitative estimate of drug-likeness (QED) is 0.556. The molecule has 1 aromatic heterocycles. The number of aliphatic hydroxyl groups is 1. The molecule has 0 saturated heterocycles. The molecule has 1 N–H and O–H groups in total. The molecular weight excluding hydrogens is 172 g/mol. The first-order chi connectivity index (χ1) is 6.24. The Kier molecular flexibility index (Phi) is 3.10. The maximum absolute atomic E-state index is 10.2. The van der Waals surface area contributed by atoms with Crippen LogP contribution in [0, 0.1) is 10.1 Å². The lowest BCUT2D eigenvalue weighted by atomic mass is 10.2. The number of rotatable bonds is 3. The number of aromatic nitrogens is 1. The number of nitrogens with zero attached hydrogens (tertiary/aromatic N) is 2. The van der Waals surface area contributed by atoms with E-state index in [2.05, 4.69) is 4.98 Å². The zero-order chi connectivity index (χ0) is 9.68. The van der Waals surface area contributed by atoms with Crippen molar-refractivity contribution in [3.63, 3.8) is 0 Å². The van der Waals surface area contributed by atoms with Gasteiger partial charge in [-0.05, 0) is 16.0 Å². The van der Waals surface area contributed by atoms with Gasteiger partial charge in [-0.1, -0.05) is 12.2 Å². The Hall–Kier alpha value is -1.75. The lowest BCUT2D eigenvalue weighted by Crippen LogP contribution is -1.90. The third-order valence-electron chi connectivity index (χ3n) is 1.37. The van der Waals surface area contributed by atoms with E-state index in [0.717, 1.165) is 5.56 Å². The van der Waals surface area contributed by atoms with Gasteiger partial charge in [0.05, 0.1) is 6.61 Å². The number of nitro groups is 1.